The molecule has 0 aliphatic heterocycles. The molecule has 81 heavy (non-hydrogen) atoms. The molecule has 0 aromatic rings. The van der Waals surface area contributed by atoms with Crippen molar-refractivity contribution in [2.45, 2.75) is 341 Å². The summed E-state index contributed by atoms with van der Waals surface area (Å²) >= 11 is 0. The van der Waals surface area contributed by atoms with E-state index in [0.717, 1.165) is 57.8 Å². The van der Waals surface area contributed by atoms with E-state index in [1.165, 1.54) is 250 Å². The number of nitrogens with zero attached hydrogens (tertiary/aromatic N) is 1. The molecule has 0 fully saturated rings. The summed E-state index contributed by atoms with van der Waals surface area (Å²) in [6.07, 6.45) is 87.7. The number of aliphatic hydroxyl groups is 1. The fourth-order valence-electron chi connectivity index (χ4n) is 10.2. The van der Waals surface area contributed by atoms with Gasteiger partial charge in [-0.2, -0.15) is 0 Å². The van der Waals surface area contributed by atoms with Crippen LogP contribution in [-0.4, -0.2) is 73.4 Å². The van der Waals surface area contributed by atoms with E-state index in [1.54, 1.807) is 6.08 Å². The molecular weight excluding hydrogens is 1020 g/mol. The Balaban J connectivity index is 4.12. The highest BCUT2D eigenvalue weighted by Gasteiger charge is 2.28. The van der Waals surface area contributed by atoms with Gasteiger partial charge in [-0.3, -0.25) is 13.8 Å². The summed E-state index contributed by atoms with van der Waals surface area (Å²) in [4.78, 5) is 23.4. The van der Waals surface area contributed by atoms with Crippen molar-refractivity contribution in [2.75, 3.05) is 40.9 Å². The maximum absolute atomic E-state index is 13.0. The predicted octanol–water partition coefficient (Wildman–Crippen LogP) is 22.2. The number of rotatable bonds is 64. The minimum absolute atomic E-state index is 0.0525. The average molecular weight is 1160 g/mol. The molecule has 0 radical (unpaired) electrons. The number of hydrogen-bond acceptors (Lipinski definition) is 5. The third-order valence-corrected chi connectivity index (χ3v) is 16.6. The molecule has 0 bridgehead atoms. The molecule has 3 unspecified atom stereocenters. The second-order valence-electron chi connectivity index (χ2n) is 24.9. The molecule has 0 aromatic carbocycles. The Bertz CT molecular complexity index is 1550. The molecule has 0 spiro atoms. The molecule has 1 amide bonds. The first-order valence-corrected chi connectivity index (χ1v) is 36.3. The van der Waals surface area contributed by atoms with Crippen molar-refractivity contribution in [1.82, 2.24) is 5.32 Å². The van der Waals surface area contributed by atoms with E-state index < -0.39 is 20.0 Å². The molecule has 0 aliphatic carbocycles. The van der Waals surface area contributed by atoms with E-state index in [-0.39, 0.29) is 19.1 Å². The maximum atomic E-state index is 13.0. The quantitative estimate of drug-likeness (QED) is 0.0243. The van der Waals surface area contributed by atoms with Crippen LogP contribution < -0.4 is 5.32 Å². The van der Waals surface area contributed by atoms with Crippen molar-refractivity contribution >= 4 is 13.7 Å². The minimum Gasteiger partial charge on any atom is -0.387 e. The van der Waals surface area contributed by atoms with Crippen LogP contribution in [0, 0.1) is 0 Å². The van der Waals surface area contributed by atoms with Crippen molar-refractivity contribution in [3.8, 4) is 0 Å². The zero-order chi connectivity index (χ0) is 59.1. The number of phosphoric ester groups is 1. The van der Waals surface area contributed by atoms with E-state index >= 15 is 0 Å². The van der Waals surface area contributed by atoms with E-state index in [4.69, 9.17) is 9.05 Å². The summed E-state index contributed by atoms with van der Waals surface area (Å²) < 4.78 is 23.8. The Labute approximate surface area is 504 Å². The lowest BCUT2D eigenvalue weighted by atomic mass is 10.0. The number of hydrogen-bond donors (Lipinski definition) is 3. The zero-order valence-corrected chi connectivity index (χ0v) is 55.2. The lowest BCUT2D eigenvalue weighted by molar-refractivity contribution is -0.870. The van der Waals surface area contributed by atoms with Gasteiger partial charge >= 0.3 is 7.82 Å². The standard InChI is InChI=1S/C72H135N2O6P/c1-6-8-10-12-14-16-18-20-22-24-26-28-30-32-34-35-36-37-38-39-40-42-44-46-48-50-52-54-56-58-60-62-64-66-72(76)73-70(69-80-81(77,78)79-68-67-74(3,4)5)71(75)65-63-61-59-57-55-53-51-49-47-45-43-41-33-31-29-27-25-23-21-19-17-15-13-11-9-7-2/h18,20,24,26,30,32,47,49,55,57,63,65,70-71,75H,6-17,19,21-23,25,27-29,31,33-46,48,50-54,56,58-62,64,66-69H2,1-5H3,(H-,73,76,77,78)/p+1/b20-18-,26-24-,32-30-,49-47+,57-55+,65-63+. The van der Waals surface area contributed by atoms with Gasteiger partial charge < -0.3 is 19.8 Å². The molecule has 0 saturated carbocycles. The van der Waals surface area contributed by atoms with Crippen LogP contribution in [0.3, 0.4) is 0 Å². The van der Waals surface area contributed by atoms with Crippen LogP contribution in [0.2, 0.25) is 0 Å². The molecular formula is C72H136N2O6P+. The largest absolute Gasteiger partial charge is 0.472 e. The number of phosphoric acid groups is 1. The van der Waals surface area contributed by atoms with Gasteiger partial charge in [-0.25, -0.2) is 4.57 Å². The third-order valence-electron chi connectivity index (χ3n) is 15.6. The molecule has 9 heteroatoms. The number of allylic oxidation sites excluding steroid dienone is 11. The van der Waals surface area contributed by atoms with Crippen molar-refractivity contribution in [3.05, 3.63) is 72.9 Å². The Morgan fingerprint density at radius 3 is 1.07 bits per heavy atom. The van der Waals surface area contributed by atoms with Crippen LogP contribution in [0.15, 0.2) is 72.9 Å². The number of unbranched alkanes of at least 4 members (excludes halogenated alkanes) is 41. The zero-order valence-electron chi connectivity index (χ0n) is 54.3. The van der Waals surface area contributed by atoms with Gasteiger partial charge in [0.2, 0.25) is 5.91 Å². The molecule has 0 heterocycles. The maximum Gasteiger partial charge on any atom is 0.472 e. The van der Waals surface area contributed by atoms with Crippen molar-refractivity contribution in [1.29, 1.82) is 0 Å². The number of quaternary nitrogens is 1. The van der Waals surface area contributed by atoms with Crippen LogP contribution in [0.1, 0.15) is 328 Å². The number of aliphatic hydroxyl groups excluding tert-OH is 1. The first-order valence-electron chi connectivity index (χ1n) is 34.8. The molecule has 0 aromatic heterocycles. The summed E-state index contributed by atoms with van der Waals surface area (Å²) in [6, 6.07) is -0.874. The number of carbonyl (C=O) groups is 1. The van der Waals surface area contributed by atoms with E-state index in [1.807, 2.05) is 27.2 Å². The van der Waals surface area contributed by atoms with Gasteiger partial charge in [0, 0.05) is 6.42 Å². The lowest BCUT2D eigenvalue weighted by Crippen LogP contribution is -2.45. The topological polar surface area (TPSA) is 105 Å². The first-order chi connectivity index (χ1) is 39.5. The SMILES string of the molecule is CCCCCCC/C=C\C/C=C\C/C=C\CCCCCCCCCCCCCCCCCCCCC(=O)NC(COP(=O)(O)OCC[N+](C)(C)C)C(O)/C=C/CC/C=C/CC/C=C/CCCCCCCCCCCCCCCCCC. The summed E-state index contributed by atoms with van der Waals surface area (Å²) in [5.41, 5.74) is 0. The van der Waals surface area contributed by atoms with Crippen LogP contribution in [0.4, 0.5) is 0 Å². The van der Waals surface area contributed by atoms with Crippen molar-refractivity contribution in [2.24, 2.45) is 0 Å². The summed E-state index contributed by atoms with van der Waals surface area (Å²) in [6.45, 7) is 4.81. The van der Waals surface area contributed by atoms with Gasteiger partial charge in [0.1, 0.15) is 13.2 Å². The molecule has 0 aliphatic rings. The molecule has 0 rings (SSSR count). The highest BCUT2D eigenvalue weighted by Crippen LogP contribution is 2.43. The third kappa shape index (κ3) is 65.3. The Kier molecular flexibility index (Phi) is 60.9. The molecule has 3 atom stereocenters. The van der Waals surface area contributed by atoms with Crippen LogP contribution >= 0.6 is 7.82 Å². The van der Waals surface area contributed by atoms with Crippen LogP contribution in [-0.2, 0) is 18.4 Å². The Hall–Kier alpha value is -2.06. The van der Waals surface area contributed by atoms with Crippen LogP contribution in [0.5, 0.6) is 0 Å². The second-order valence-corrected chi connectivity index (χ2v) is 26.3. The highest BCUT2D eigenvalue weighted by atomic mass is 31.2. The van der Waals surface area contributed by atoms with Crippen molar-refractivity contribution in [3.63, 3.8) is 0 Å². The van der Waals surface area contributed by atoms with Gasteiger partial charge in [0.05, 0.1) is 39.9 Å². The van der Waals surface area contributed by atoms with E-state index in [2.05, 4.69) is 79.9 Å². The number of nitrogens with one attached hydrogen (secondary N) is 1. The molecule has 0 saturated heterocycles. The predicted molar refractivity (Wildman–Crippen MR) is 355 cm³/mol. The Morgan fingerprint density at radius 1 is 0.420 bits per heavy atom. The number of amides is 1. The van der Waals surface area contributed by atoms with Gasteiger partial charge in [-0.1, -0.05) is 311 Å². The van der Waals surface area contributed by atoms with Gasteiger partial charge in [-0.05, 0) is 83.5 Å². The number of carbonyl (C=O) groups excluding carboxylic acids is 1. The Morgan fingerprint density at radius 2 is 0.716 bits per heavy atom. The fraction of sp³-hybridized carbons (Fsp3) is 0.819. The monoisotopic (exact) mass is 1160 g/mol. The van der Waals surface area contributed by atoms with Gasteiger partial charge in [0.15, 0.2) is 0 Å². The normalized spacial score (nSPS) is 14.1. The summed E-state index contributed by atoms with van der Waals surface area (Å²) in [5.74, 6) is -0.188. The summed E-state index contributed by atoms with van der Waals surface area (Å²) in [7, 11) is 1.55. The average Bonchev–Trinajstić information content (AvgIpc) is 3.43. The fourth-order valence-corrected chi connectivity index (χ4v) is 10.9. The van der Waals surface area contributed by atoms with Crippen molar-refractivity contribution < 1.29 is 32.9 Å². The lowest BCUT2D eigenvalue weighted by Gasteiger charge is -2.25. The summed E-state index contributed by atoms with van der Waals surface area (Å²) in [5, 5.41) is 14.0. The first kappa shape index (κ1) is 78.9. The van der Waals surface area contributed by atoms with E-state index in [9.17, 15) is 19.4 Å². The van der Waals surface area contributed by atoms with E-state index in [0.29, 0.717) is 17.4 Å². The molecule has 3 N–H and O–H groups in total. The van der Waals surface area contributed by atoms with Crippen LogP contribution in [0.25, 0.3) is 0 Å². The van der Waals surface area contributed by atoms with Gasteiger partial charge in [-0.15, -0.1) is 0 Å². The van der Waals surface area contributed by atoms with Gasteiger partial charge in [0.25, 0.3) is 0 Å². The highest BCUT2D eigenvalue weighted by molar-refractivity contribution is 7.47. The molecule has 8 nitrogen and oxygen atoms in total. The minimum atomic E-state index is -4.37. The molecule has 474 valence electrons. The smallest absolute Gasteiger partial charge is 0.387 e. The number of likely N-dealkylation sites (N-methyl/N-ethyl adjacent to an activating group) is 1. The second kappa shape index (κ2) is 62.5.